The summed E-state index contributed by atoms with van der Waals surface area (Å²) in [6, 6.07) is 13.1. The summed E-state index contributed by atoms with van der Waals surface area (Å²) in [5.41, 5.74) is 2.76. The molecule has 0 amide bonds. The van der Waals surface area contributed by atoms with Gasteiger partial charge in [-0.3, -0.25) is 0 Å². The van der Waals surface area contributed by atoms with Crippen LogP contribution in [0.4, 0.5) is 11.5 Å². The molecule has 0 fully saturated rings. The normalized spacial score (nSPS) is 11.1. The molecule has 4 rings (SSSR count). The number of para-hydroxylation sites is 1. The van der Waals surface area contributed by atoms with E-state index in [1.807, 2.05) is 24.3 Å². The molecule has 2 heterocycles. The summed E-state index contributed by atoms with van der Waals surface area (Å²) in [7, 11) is 0. The van der Waals surface area contributed by atoms with Crippen LogP contribution in [0.1, 0.15) is 4.88 Å². The van der Waals surface area contributed by atoms with Crippen LogP contribution in [0.3, 0.4) is 0 Å². The van der Waals surface area contributed by atoms with E-state index in [4.69, 9.17) is 34.8 Å². The highest BCUT2D eigenvalue weighted by atomic mass is 35.5. The Morgan fingerprint density at radius 2 is 1.62 bits per heavy atom. The molecule has 2 aromatic carbocycles. The smallest absolute Gasteiger partial charge is 0.143 e. The first-order chi connectivity index (χ1) is 12.5. The van der Waals surface area contributed by atoms with Crippen LogP contribution in [0.5, 0.6) is 0 Å². The van der Waals surface area contributed by atoms with E-state index in [0.717, 1.165) is 26.2 Å². The maximum Gasteiger partial charge on any atom is 0.143 e. The molecule has 2 aromatic heterocycles. The fourth-order valence-corrected chi connectivity index (χ4v) is 4.47. The third kappa shape index (κ3) is 3.14. The predicted octanol–water partition coefficient (Wildman–Crippen LogP) is 7.37. The quantitative estimate of drug-likeness (QED) is 0.376. The standard InChI is InChI=1S/C19H12Cl3N3S/c1-10-15(11-5-7-12(20)8-6-11)16-18(23-9-24-19(16)26-10)25-17-13(21)3-2-4-14(17)22/h2-9H,1H3,(H,23,24,25). The number of halogens is 3. The van der Waals surface area contributed by atoms with E-state index < -0.39 is 0 Å². The van der Waals surface area contributed by atoms with Crippen LogP contribution in [0.2, 0.25) is 15.1 Å². The van der Waals surface area contributed by atoms with Crippen molar-refractivity contribution >= 4 is 67.9 Å². The van der Waals surface area contributed by atoms with E-state index in [0.29, 0.717) is 26.6 Å². The van der Waals surface area contributed by atoms with Gasteiger partial charge < -0.3 is 5.32 Å². The van der Waals surface area contributed by atoms with E-state index in [1.54, 1.807) is 29.5 Å². The highest BCUT2D eigenvalue weighted by Crippen LogP contribution is 2.42. The molecule has 0 saturated carbocycles. The number of hydrogen-bond donors (Lipinski definition) is 1. The minimum Gasteiger partial charge on any atom is -0.337 e. The molecule has 0 saturated heterocycles. The molecule has 3 nitrogen and oxygen atoms in total. The van der Waals surface area contributed by atoms with Crippen molar-refractivity contribution in [3.05, 3.63) is 68.7 Å². The van der Waals surface area contributed by atoms with Gasteiger partial charge in [0.05, 0.1) is 21.1 Å². The van der Waals surface area contributed by atoms with Gasteiger partial charge >= 0.3 is 0 Å². The number of nitrogens with one attached hydrogen (secondary N) is 1. The molecule has 4 aromatic rings. The number of benzene rings is 2. The SMILES string of the molecule is Cc1sc2ncnc(Nc3c(Cl)cccc3Cl)c2c1-c1ccc(Cl)cc1. The van der Waals surface area contributed by atoms with Crippen molar-refractivity contribution in [2.75, 3.05) is 5.32 Å². The predicted molar refractivity (Wildman–Crippen MR) is 112 cm³/mol. The Labute approximate surface area is 169 Å². The number of rotatable bonds is 3. The summed E-state index contributed by atoms with van der Waals surface area (Å²) in [5, 5.41) is 5.98. The van der Waals surface area contributed by atoms with Gasteiger partial charge in [0.25, 0.3) is 0 Å². The summed E-state index contributed by atoms with van der Waals surface area (Å²) in [5.74, 6) is 0.666. The molecule has 1 N–H and O–H groups in total. The van der Waals surface area contributed by atoms with E-state index in [9.17, 15) is 0 Å². The van der Waals surface area contributed by atoms with Crippen molar-refractivity contribution in [1.82, 2.24) is 9.97 Å². The molecule has 0 spiro atoms. The van der Waals surface area contributed by atoms with Crippen LogP contribution in [0.25, 0.3) is 21.3 Å². The lowest BCUT2D eigenvalue weighted by Gasteiger charge is -2.11. The second-order valence-electron chi connectivity index (χ2n) is 5.66. The number of aryl methyl sites for hydroxylation is 1. The van der Waals surface area contributed by atoms with Crippen molar-refractivity contribution in [2.45, 2.75) is 6.92 Å². The van der Waals surface area contributed by atoms with Crippen molar-refractivity contribution in [2.24, 2.45) is 0 Å². The lowest BCUT2D eigenvalue weighted by molar-refractivity contribution is 1.23. The molecule has 0 aliphatic rings. The topological polar surface area (TPSA) is 37.8 Å². The number of anilines is 2. The van der Waals surface area contributed by atoms with Gasteiger partial charge in [0.2, 0.25) is 0 Å². The molecule has 0 unspecified atom stereocenters. The highest BCUT2D eigenvalue weighted by molar-refractivity contribution is 7.19. The third-order valence-corrected chi connectivity index (χ3v) is 5.90. The number of thiophene rings is 1. The van der Waals surface area contributed by atoms with Gasteiger partial charge in [-0.05, 0) is 36.8 Å². The third-order valence-electron chi connectivity index (χ3n) is 4.00. The molecule has 0 bridgehead atoms. The van der Waals surface area contributed by atoms with Crippen LogP contribution in [-0.2, 0) is 0 Å². The Morgan fingerprint density at radius 3 is 2.31 bits per heavy atom. The maximum atomic E-state index is 6.31. The summed E-state index contributed by atoms with van der Waals surface area (Å²) in [4.78, 5) is 10.9. The first-order valence-corrected chi connectivity index (χ1v) is 9.70. The van der Waals surface area contributed by atoms with Gasteiger partial charge in [0, 0.05) is 15.5 Å². The fourth-order valence-electron chi connectivity index (χ4n) is 2.84. The second kappa shape index (κ2) is 7.05. The minimum atomic E-state index is 0.532. The molecule has 0 aliphatic carbocycles. The van der Waals surface area contributed by atoms with Crippen LogP contribution in [-0.4, -0.2) is 9.97 Å². The van der Waals surface area contributed by atoms with Gasteiger partial charge in [-0.25, -0.2) is 9.97 Å². The lowest BCUT2D eigenvalue weighted by atomic mass is 10.0. The monoisotopic (exact) mass is 419 g/mol. The van der Waals surface area contributed by atoms with Gasteiger partial charge in [-0.15, -0.1) is 11.3 Å². The fraction of sp³-hybridized carbons (Fsp3) is 0.0526. The molecule has 0 aliphatic heterocycles. The van der Waals surface area contributed by atoms with Crippen LogP contribution in [0.15, 0.2) is 48.8 Å². The molecule has 26 heavy (non-hydrogen) atoms. The van der Waals surface area contributed by atoms with Crippen LogP contribution < -0.4 is 5.32 Å². The van der Waals surface area contributed by atoms with Gasteiger partial charge in [-0.2, -0.15) is 0 Å². The zero-order valence-electron chi connectivity index (χ0n) is 13.6. The van der Waals surface area contributed by atoms with E-state index in [2.05, 4.69) is 22.2 Å². The number of aromatic nitrogens is 2. The van der Waals surface area contributed by atoms with Crippen molar-refractivity contribution < 1.29 is 0 Å². The largest absolute Gasteiger partial charge is 0.337 e. The van der Waals surface area contributed by atoms with Crippen LogP contribution in [0, 0.1) is 6.92 Å². The second-order valence-corrected chi connectivity index (χ2v) is 8.12. The summed E-state index contributed by atoms with van der Waals surface area (Å²) < 4.78 is 0. The van der Waals surface area contributed by atoms with E-state index in [-0.39, 0.29) is 0 Å². The molecule has 130 valence electrons. The zero-order valence-corrected chi connectivity index (χ0v) is 16.6. The number of nitrogens with zero attached hydrogens (tertiary/aromatic N) is 2. The average molecular weight is 421 g/mol. The first-order valence-electron chi connectivity index (χ1n) is 7.75. The Balaban J connectivity index is 1.92. The van der Waals surface area contributed by atoms with E-state index >= 15 is 0 Å². The Kier molecular flexibility index (Phi) is 4.76. The molecule has 0 radical (unpaired) electrons. The highest BCUT2D eigenvalue weighted by Gasteiger charge is 2.18. The van der Waals surface area contributed by atoms with Crippen molar-refractivity contribution in [3.63, 3.8) is 0 Å². The summed E-state index contributed by atoms with van der Waals surface area (Å²) in [6.07, 6.45) is 1.54. The van der Waals surface area contributed by atoms with Crippen molar-refractivity contribution in [3.8, 4) is 11.1 Å². The van der Waals surface area contributed by atoms with Crippen LogP contribution >= 0.6 is 46.1 Å². The molecule has 0 atom stereocenters. The van der Waals surface area contributed by atoms with Gasteiger partial charge in [0.1, 0.15) is 17.0 Å². The summed E-state index contributed by atoms with van der Waals surface area (Å²) >= 11 is 20.3. The average Bonchev–Trinajstić information content (AvgIpc) is 2.96. The molecular formula is C19H12Cl3N3S. The van der Waals surface area contributed by atoms with Crippen molar-refractivity contribution in [1.29, 1.82) is 0 Å². The Morgan fingerprint density at radius 1 is 0.923 bits per heavy atom. The first kappa shape index (κ1) is 17.6. The lowest BCUT2D eigenvalue weighted by Crippen LogP contribution is -1.97. The molecule has 7 heteroatoms. The Hall–Kier alpha value is -1.85. The van der Waals surface area contributed by atoms with Gasteiger partial charge in [0.15, 0.2) is 0 Å². The number of hydrogen-bond acceptors (Lipinski definition) is 4. The zero-order chi connectivity index (χ0) is 18.3. The Bertz CT molecular complexity index is 1090. The van der Waals surface area contributed by atoms with E-state index in [1.165, 1.54) is 6.33 Å². The van der Waals surface area contributed by atoms with Gasteiger partial charge in [-0.1, -0.05) is 53.0 Å². The summed E-state index contributed by atoms with van der Waals surface area (Å²) in [6.45, 7) is 2.07. The molecular weight excluding hydrogens is 409 g/mol. The minimum absolute atomic E-state index is 0.532. The number of fused-ring (bicyclic) bond motifs is 1. The maximum absolute atomic E-state index is 6.31.